The molecule has 0 fully saturated rings. The van der Waals surface area contributed by atoms with E-state index in [-0.39, 0.29) is 5.69 Å². The highest BCUT2D eigenvalue weighted by molar-refractivity contribution is 9.10. The van der Waals surface area contributed by atoms with E-state index in [0.29, 0.717) is 11.0 Å². The summed E-state index contributed by atoms with van der Waals surface area (Å²) in [6, 6.07) is 1.75. The molecule has 66 valence electrons. The number of aromatic nitrogens is 2. The maximum atomic E-state index is 10.5. The Balaban J connectivity index is 2.76. The molecule has 0 spiro atoms. The second-order valence-corrected chi connectivity index (χ2v) is 3.40. The fourth-order valence-corrected chi connectivity index (χ4v) is 1.44. The number of pyridine rings is 1. The Kier molecular flexibility index (Phi) is 1.77. The van der Waals surface area contributed by atoms with Gasteiger partial charge in [-0.1, -0.05) is 0 Å². The lowest BCUT2D eigenvalue weighted by Gasteiger charge is -1.89. The predicted molar refractivity (Wildman–Crippen MR) is 50.4 cm³/mol. The van der Waals surface area contributed by atoms with Crippen LogP contribution in [0.4, 0.5) is 5.69 Å². The number of halogens is 1. The number of fused-ring (bicyclic) bond motifs is 1. The minimum absolute atomic E-state index is 0.00231. The summed E-state index contributed by atoms with van der Waals surface area (Å²) in [5, 5.41) is 10.5. The van der Waals surface area contributed by atoms with E-state index in [2.05, 4.69) is 25.9 Å². The summed E-state index contributed by atoms with van der Waals surface area (Å²) in [7, 11) is 0. The van der Waals surface area contributed by atoms with Gasteiger partial charge in [-0.05, 0) is 22.0 Å². The van der Waals surface area contributed by atoms with Gasteiger partial charge in [0, 0.05) is 10.7 Å². The van der Waals surface area contributed by atoms with Crippen molar-refractivity contribution in [2.75, 3.05) is 0 Å². The van der Waals surface area contributed by atoms with Crippen LogP contribution in [0.2, 0.25) is 0 Å². The van der Waals surface area contributed by atoms with Crippen molar-refractivity contribution in [2.45, 2.75) is 0 Å². The summed E-state index contributed by atoms with van der Waals surface area (Å²) < 4.78 is 0.789. The quantitative estimate of drug-likeness (QED) is 0.615. The van der Waals surface area contributed by atoms with Gasteiger partial charge >= 0.3 is 5.69 Å². The van der Waals surface area contributed by atoms with Gasteiger partial charge in [0.05, 0.1) is 16.6 Å². The van der Waals surface area contributed by atoms with Crippen LogP contribution < -0.4 is 0 Å². The van der Waals surface area contributed by atoms with Crippen LogP contribution in [-0.4, -0.2) is 14.9 Å². The number of nitro groups is 1. The van der Waals surface area contributed by atoms with Crippen molar-refractivity contribution >= 4 is 32.7 Å². The zero-order chi connectivity index (χ0) is 9.42. The van der Waals surface area contributed by atoms with Crippen LogP contribution in [0.1, 0.15) is 0 Å². The Labute approximate surface area is 81.1 Å². The number of nitrogens with one attached hydrogen (secondary N) is 1. The molecule has 2 aromatic rings. The van der Waals surface area contributed by atoms with E-state index in [4.69, 9.17) is 0 Å². The Morgan fingerprint density at radius 1 is 1.62 bits per heavy atom. The lowest BCUT2D eigenvalue weighted by Crippen LogP contribution is -1.86. The van der Waals surface area contributed by atoms with Crippen molar-refractivity contribution in [3.05, 3.63) is 33.0 Å². The predicted octanol–water partition coefficient (Wildman–Crippen LogP) is 2.23. The number of H-pyrrole nitrogens is 1. The van der Waals surface area contributed by atoms with Crippen LogP contribution in [0.3, 0.4) is 0 Å². The Morgan fingerprint density at radius 3 is 3.08 bits per heavy atom. The highest BCUT2D eigenvalue weighted by Gasteiger charge is 2.14. The van der Waals surface area contributed by atoms with Crippen molar-refractivity contribution in [1.82, 2.24) is 9.97 Å². The van der Waals surface area contributed by atoms with Crippen molar-refractivity contribution in [2.24, 2.45) is 0 Å². The van der Waals surface area contributed by atoms with Crippen molar-refractivity contribution in [1.29, 1.82) is 0 Å². The van der Waals surface area contributed by atoms with E-state index in [1.807, 2.05) is 0 Å². The third-order valence-electron chi connectivity index (χ3n) is 1.66. The normalized spacial score (nSPS) is 10.5. The van der Waals surface area contributed by atoms with E-state index in [1.165, 1.54) is 12.4 Å². The molecule has 0 saturated heterocycles. The van der Waals surface area contributed by atoms with Crippen molar-refractivity contribution < 1.29 is 4.92 Å². The van der Waals surface area contributed by atoms with Crippen molar-refractivity contribution in [3.63, 3.8) is 0 Å². The molecule has 2 aromatic heterocycles. The number of rotatable bonds is 1. The van der Waals surface area contributed by atoms with Crippen LogP contribution in [0.15, 0.2) is 22.9 Å². The van der Waals surface area contributed by atoms with Gasteiger partial charge in [-0.25, -0.2) is 4.98 Å². The fraction of sp³-hybridized carbons (Fsp3) is 0. The van der Waals surface area contributed by atoms with Crippen molar-refractivity contribution in [3.8, 4) is 0 Å². The van der Waals surface area contributed by atoms with Gasteiger partial charge in [-0.2, -0.15) is 0 Å². The number of hydrogen-bond acceptors (Lipinski definition) is 3. The molecule has 13 heavy (non-hydrogen) atoms. The molecule has 0 aliphatic rings. The largest absolute Gasteiger partial charge is 0.354 e. The lowest BCUT2D eigenvalue weighted by atomic mass is 10.4. The molecular formula is C7H4BrN3O2. The van der Waals surface area contributed by atoms with Gasteiger partial charge < -0.3 is 4.98 Å². The molecule has 0 saturated carbocycles. The summed E-state index contributed by atoms with van der Waals surface area (Å²) >= 11 is 3.23. The first-order valence-corrected chi connectivity index (χ1v) is 4.25. The second-order valence-electron chi connectivity index (χ2n) is 2.48. The van der Waals surface area contributed by atoms with Crippen LogP contribution in [-0.2, 0) is 0 Å². The molecule has 1 N–H and O–H groups in total. The van der Waals surface area contributed by atoms with Gasteiger partial charge in [0.15, 0.2) is 5.52 Å². The molecule has 0 aliphatic carbocycles. The van der Waals surface area contributed by atoms with Crippen LogP contribution in [0.5, 0.6) is 0 Å². The summed E-state index contributed by atoms with van der Waals surface area (Å²) in [6.45, 7) is 0. The maximum Gasteiger partial charge on any atom is 0.312 e. The van der Waals surface area contributed by atoms with E-state index >= 15 is 0 Å². The molecular weight excluding hydrogens is 238 g/mol. The zero-order valence-electron chi connectivity index (χ0n) is 6.32. The fourth-order valence-electron chi connectivity index (χ4n) is 1.11. The van der Waals surface area contributed by atoms with Gasteiger partial charge in [-0.3, -0.25) is 10.1 Å². The number of aromatic amines is 1. The first-order valence-electron chi connectivity index (χ1n) is 3.45. The first kappa shape index (κ1) is 8.18. The molecule has 0 bridgehead atoms. The summed E-state index contributed by atoms with van der Waals surface area (Å²) in [5.74, 6) is 0. The average molecular weight is 242 g/mol. The molecule has 0 atom stereocenters. The lowest BCUT2D eigenvalue weighted by molar-refractivity contribution is -0.383. The Bertz CT molecular complexity index is 480. The molecule has 0 amide bonds. The maximum absolute atomic E-state index is 10.5. The highest BCUT2D eigenvalue weighted by Crippen LogP contribution is 2.24. The second kappa shape index (κ2) is 2.81. The van der Waals surface area contributed by atoms with Gasteiger partial charge in [0.1, 0.15) is 0 Å². The molecule has 0 aliphatic heterocycles. The molecule has 0 unspecified atom stereocenters. The minimum Gasteiger partial charge on any atom is -0.354 e. The molecule has 6 heteroatoms. The molecule has 2 rings (SSSR count). The summed E-state index contributed by atoms with van der Waals surface area (Å²) in [5.41, 5.74) is 1.04. The molecule has 0 aromatic carbocycles. The first-order chi connectivity index (χ1) is 6.18. The minimum atomic E-state index is -0.459. The summed E-state index contributed by atoms with van der Waals surface area (Å²) in [4.78, 5) is 16.8. The third-order valence-corrected chi connectivity index (χ3v) is 2.09. The van der Waals surface area contributed by atoms with Crippen LogP contribution in [0.25, 0.3) is 11.0 Å². The highest BCUT2D eigenvalue weighted by atomic mass is 79.9. The smallest absolute Gasteiger partial charge is 0.312 e. The van der Waals surface area contributed by atoms with E-state index < -0.39 is 4.92 Å². The van der Waals surface area contributed by atoms with E-state index in [0.717, 1.165) is 4.47 Å². The monoisotopic (exact) mass is 241 g/mol. The van der Waals surface area contributed by atoms with Crippen LogP contribution >= 0.6 is 15.9 Å². The standard InChI is InChI=1S/C7H4BrN3O2/c8-4-1-5-7(10-2-4)6(3-9-5)11(12)13/h1-3,9H. The Hall–Kier alpha value is -1.43. The number of hydrogen-bond donors (Lipinski definition) is 1. The summed E-state index contributed by atoms with van der Waals surface area (Å²) in [6.07, 6.45) is 2.87. The van der Waals surface area contributed by atoms with E-state index in [1.54, 1.807) is 6.07 Å². The molecule has 0 radical (unpaired) electrons. The SMILES string of the molecule is O=[N+]([O-])c1c[nH]c2cc(Br)cnc12. The molecule has 5 nitrogen and oxygen atoms in total. The van der Waals surface area contributed by atoms with Crippen LogP contribution in [0, 0.1) is 10.1 Å². The van der Waals surface area contributed by atoms with E-state index in [9.17, 15) is 10.1 Å². The number of nitrogens with zero attached hydrogens (tertiary/aromatic N) is 2. The zero-order valence-corrected chi connectivity index (χ0v) is 7.91. The van der Waals surface area contributed by atoms with Gasteiger partial charge in [0.2, 0.25) is 0 Å². The third kappa shape index (κ3) is 1.29. The van der Waals surface area contributed by atoms with Gasteiger partial charge in [0.25, 0.3) is 0 Å². The Morgan fingerprint density at radius 2 is 2.38 bits per heavy atom. The average Bonchev–Trinajstić information content (AvgIpc) is 2.46. The topological polar surface area (TPSA) is 71.8 Å². The van der Waals surface area contributed by atoms with Gasteiger partial charge in [-0.15, -0.1) is 0 Å². The molecule has 2 heterocycles.